The Morgan fingerprint density at radius 1 is 1.55 bits per heavy atom. The van der Waals surface area contributed by atoms with Crippen LogP contribution >= 0.6 is 22.6 Å². The van der Waals surface area contributed by atoms with Gasteiger partial charge in [0.15, 0.2) is 0 Å². The van der Waals surface area contributed by atoms with Crippen molar-refractivity contribution in [2.24, 2.45) is 0 Å². The van der Waals surface area contributed by atoms with Gasteiger partial charge < -0.3 is 0 Å². The molecule has 1 radical (unpaired) electrons. The molecular formula is C7H14IN2O. The smallest absolute Gasteiger partial charge is 0.245 e. The standard InChI is InChI=1S/C7H14IN2O/c1-2-3-4-5-9-10-7(11)6-8/h2-6H2,1H3,(H,10,11). The first-order valence-corrected chi connectivity index (χ1v) is 5.35. The van der Waals surface area contributed by atoms with Crippen LogP contribution in [0.5, 0.6) is 0 Å². The van der Waals surface area contributed by atoms with Crippen molar-refractivity contribution in [3.8, 4) is 0 Å². The summed E-state index contributed by atoms with van der Waals surface area (Å²) in [6.45, 7) is 2.89. The third kappa shape index (κ3) is 8.06. The summed E-state index contributed by atoms with van der Waals surface area (Å²) < 4.78 is 0.481. The molecule has 0 aromatic carbocycles. The molecule has 0 aliphatic heterocycles. The second-order valence-corrected chi connectivity index (χ2v) is 3.02. The highest BCUT2D eigenvalue weighted by Gasteiger charge is 1.95. The summed E-state index contributed by atoms with van der Waals surface area (Å²) in [6.07, 6.45) is 3.44. The molecule has 0 saturated carbocycles. The van der Waals surface area contributed by atoms with E-state index in [1.807, 2.05) is 22.6 Å². The van der Waals surface area contributed by atoms with E-state index in [0.717, 1.165) is 13.0 Å². The molecule has 4 heteroatoms. The Labute approximate surface area is 81.4 Å². The summed E-state index contributed by atoms with van der Waals surface area (Å²) in [7, 11) is 0. The zero-order valence-electron chi connectivity index (χ0n) is 6.77. The van der Waals surface area contributed by atoms with E-state index >= 15 is 0 Å². The molecule has 0 aliphatic carbocycles. The Balaban J connectivity index is 2.95. The van der Waals surface area contributed by atoms with Gasteiger partial charge in [-0.15, -0.1) is 5.43 Å². The summed E-state index contributed by atoms with van der Waals surface area (Å²) in [5, 5.41) is 0. The van der Waals surface area contributed by atoms with Crippen LogP contribution < -0.4 is 10.9 Å². The lowest BCUT2D eigenvalue weighted by molar-refractivity contribution is -0.119. The first-order chi connectivity index (χ1) is 5.31. The summed E-state index contributed by atoms with van der Waals surface area (Å²) in [6, 6.07) is 0. The number of halogens is 1. The number of nitrogens with zero attached hydrogens (tertiary/aromatic N) is 1. The number of carbonyl (C=O) groups is 1. The monoisotopic (exact) mass is 269 g/mol. The van der Waals surface area contributed by atoms with Crippen molar-refractivity contribution in [2.75, 3.05) is 11.0 Å². The summed E-state index contributed by atoms with van der Waals surface area (Å²) in [5.74, 6) is -0.0119. The normalized spacial score (nSPS) is 9.64. The Morgan fingerprint density at radius 3 is 2.82 bits per heavy atom. The Bertz CT molecular complexity index is 109. The number of alkyl halides is 1. The van der Waals surface area contributed by atoms with Gasteiger partial charge in [0.25, 0.3) is 0 Å². The number of hydrogen-bond acceptors (Lipinski definition) is 1. The Hall–Kier alpha value is 0.160. The summed E-state index contributed by atoms with van der Waals surface area (Å²) >= 11 is 2.01. The largest absolute Gasteiger partial charge is 0.273 e. The quantitative estimate of drug-likeness (QED) is 0.335. The minimum absolute atomic E-state index is 0.0119. The van der Waals surface area contributed by atoms with Gasteiger partial charge >= 0.3 is 0 Å². The summed E-state index contributed by atoms with van der Waals surface area (Å²) in [5.41, 5.74) is 6.35. The molecule has 0 atom stereocenters. The first-order valence-electron chi connectivity index (χ1n) is 3.82. The maximum atomic E-state index is 10.6. The number of carbonyl (C=O) groups excluding carboxylic acids is 1. The molecule has 0 aromatic rings. The van der Waals surface area contributed by atoms with E-state index in [0.29, 0.717) is 4.43 Å². The SMILES string of the molecule is CCCCC[N]NC(=O)CI. The van der Waals surface area contributed by atoms with Gasteiger partial charge in [-0.05, 0) is 6.42 Å². The molecule has 0 aliphatic rings. The highest BCUT2D eigenvalue weighted by molar-refractivity contribution is 14.1. The third-order valence-corrected chi connectivity index (χ3v) is 1.89. The molecule has 0 aromatic heterocycles. The van der Waals surface area contributed by atoms with Crippen LogP contribution in [0.1, 0.15) is 26.2 Å². The van der Waals surface area contributed by atoms with E-state index in [9.17, 15) is 4.79 Å². The van der Waals surface area contributed by atoms with Gasteiger partial charge in [0.2, 0.25) is 5.91 Å². The van der Waals surface area contributed by atoms with Gasteiger partial charge in [-0.2, -0.15) is 0 Å². The zero-order chi connectivity index (χ0) is 8.53. The van der Waals surface area contributed by atoms with Gasteiger partial charge in [-0.3, -0.25) is 10.2 Å². The minimum Gasteiger partial charge on any atom is -0.273 e. The van der Waals surface area contributed by atoms with Crippen LogP contribution in [0.25, 0.3) is 0 Å². The van der Waals surface area contributed by atoms with Crippen LogP contribution in [-0.4, -0.2) is 16.9 Å². The van der Waals surface area contributed by atoms with Crippen LogP contribution in [0.15, 0.2) is 0 Å². The molecule has 0 saturated heterocycles. The second-order valence-electron chi connectivity index (χ2n) is 2.26. The van der Waals surface area contributed by atoms with E-state index in [1.165, 1.54) is 12.8 Å². The highest BCUT2D eigenvalue weighted by Crippen LogP contribution is 1.90. The van der Waals surface area contributed by atoms with Crippen LogP contribution in [0, 0.1) is 0 Å². The van der Waals surface area contributed by atoms with E-state index in [1.54, 1.807) is 0 Å². The van der Waals surface area contributed by atoms with Gasteiger partial charge in [0, 0.05) is 6.54 Å². The molecule has 0 unspecified atom stereocenters. The predicted octanol–water partition coefficient (Wildman–Crippen LogP) is 1.25. The van der Waals surface area contributed by atoms with E-state index in [2.05, 4.69) is 17.8 Å². The number of nitrogens with one attached hydrogen (secondary N) is 1. The van der Waals surface area contributed by atoms with Gasteiger partial charge in [-0.25, -0.2) is 0 Å². The van der Waals surface area contributed by atoms with Gasteiger partial charge in [0.05, 0.1) is 4.43 Å². The van der Waals surface area contributed by atoms with E-state index < -0.39 is 0 Å². The lowest BCUT2D eigenvalue weighted by Gasteiger charge is -2.00. The fraction of sp³-hybridized carbons (Fsp3) is 0.857. The summed E-state index contributed by atoms with van der Waals surface area (Å²) in [4.78, 5) is 10.6. The molecule has 1 amide bonds. The van der Waals surface area contributed by atoms with Crippen molar-refractivity contribution < 1.29 is 4.79 Å². The van der Waals surface area contributed by atoms with E-state index in [4.69, 9.17) is 0 Å². The number of amides is 1. The average Bonchev–Trinajstić information content (AvgIpc) is 2.04. The lowest BCUT2D eigenvalue weighted by Crippen LogP contribution is -2.32. The predicted molar refractivity (Wildman–Crippen MR) is 53.6 cm³/mol. The van der Waals surface area contributed by atoms with Crippen molar-refractivity contribution in [3.63, 3.8) is 0 Å². The van der Waals surface area contributed by atoms with Crippen LogP contribution in [-0.2, 0) is 4.79 Å². The van der Waals surface area contributed by atoms with Gasteiger partial charge in [0.1, 0.15) is 0 Å². The molecule has 0 fully saturated rings. The number of unbranched alkanes of at least 4 members (excludes halogenated alkanes) is 2. The Morgan fingerprint density at radius 2 is 2.27 bits per heavy atom. The molecule has 11 heavy (non-hydrogen) atoms. The lowest BCUT2D eigenvalue weighted by atomic mass is 10.2. The van der Waals surface area contributed by atoms with Crippen molar-refractivity contribution >= 4 is 28.5 Å². The highest BCUT2D eigenvalue weighted by atomic mass is 127. The average molecular weight is 269 g/mol. The molecule has 65 valence electrons. The maximum absolute atomic E-state index is 10.6. The van der Waals surface area contributed by atoms with E-state index in [-0.39, 0.29) is 5.91 Å². The van der Waals surface area contributed by atoms with Crippen LogP contribution in [0.4, 0.5) is 0 Å². The zero-order valence-corrected chi connectivity index (χ0v) is 8.93. The molecule has 0 rings (SSSR count). The van der Waals surface area contributed by atoms with Crippen molar-refractivity contribution in [3.05, 3.63) is 0 Å². The van der Waals surface area contributed by atoms with Gasteiger partial charge in [-0.1, -0.05) is 42.4 Å². The molecule has 0 heterocycles. The van der Waals surface area contributed by atoms with Crippen molar-refractivity contribution in [1.82, 2.24) is 10.9 Å². The topological polar surface area (TPSA) is 43.2 Å². The first kappa shape index (κ1) is 11.2. The Kier molecular flexibility index (Phi) is 8.38. The molecule has 0 bridgehead atoms. The van der Waals surface area contributed by atoms with Crippen molar-refractivity contribution in [2.45, 2.75) is 26.2 Å². The second kappa shape index (κ2) is 8.26. The fourth-order valence-electron chi connectivity index (χ4n) is 0.615. The maximum Gasteiger partial charge on any atom is 0.245 e. The fourth-order valence-corrected chi connectivity index (χ4v) is 0.785. The van der Waals surface area contributed by atoms with Crippen LogP contribution in [0.2, 0.25) is 0 Å². The molecule has 3 nitrogen and oxygen atoms in total. The number of rotatable bonds is 6. The van der Waals surface area contributed by atoms with Crippen molar-refractivity contribution in [1.29, 1.82) is 0 Å². The molecule has 0 spiro atoms. The number of hydrogen-bond donors (Lipinski definition) is 1. The molecular weight excluding hydrogens is 255 g/mol. The van der Waals surface area contributed by atoms with Crippen LogP contribution in [0.3, 0.4) is 0 Å². The molecule has 1 N–H and O–H groups in total. The minimum atomic E-state index is -0.0119. The third-order valence-electron chi connectivity index (χ3n) is 1.20.